The molecule has 0 unspecified atom stereocenters. The zero-order valence-electron chi connectivity index (χ0n) is 12.4. The number of rotatable bonds is 4. The summed E-state index contributed by atoms with van der Waals surface area (Å²) >= 11 is 0. The normalized spacial score (nSPS) is 18.7. The van der Waals surface area contributed by atoms with Gasteiger partial charge in [0.05, 0.1) is 0 Å². The first-order valence-corrected chi connectivity index (χ1v) is 7.69. The highest BCUT2D eigenvalue weighted by Crippen LogP contribution is 2.32. The van der Waals surface area contributed by atoms with E-state index in [4.69, 9.17) is 9.47 Å². The Morgan fingerprint density at radius 2 is 2.05 bits per heavy atom. The van der Waals surface area contributed by atoms with Gasteiger partial charge in [-0.05, 0) is 44.0 Å². The molecule has 0 atom stereocenters. The summed E-state index contributed by atoms with van der Waals surface area (Å²) in [5.41, 5.74) is 0.634. The van der Waals surface area contributed by atoms with E-state index in [9.17, 15) is 4.79 Å². The molecule has 0 spiro atoms. The summed E-state index contributed by atoms with van der Waals surface area (Å²) in [6.45, 7) is 5.73. The Morgan fingerprint density at radius 3 is 2.81 bits per heavy atom. The number of piperidine rings is 1. The van der Waals surface area contributed by atoms with Crippen LogP contribution in [-0.2, 0) is 0 Å². The minimum absolute atomic E-state index is 0.0257. The summed E-state index contributed by atoms with van der Waals surface area (Å²) in [6.07, 6.45) is 3.24. The Balaban J connectivity index is 1.55. The molecule has 0 aliphatic carbocycles. The lowest BCUT2D eigenvalue weighted by molar-refractivity contribution is 0.0910. The molecule has 3 rings (SSSR count). The predicted octanol–water partition coefficient (Wildman–Crippen LogP) is 2.02. The number of fused-ring (bicyclic) bond motifs is 1. The monoisotopic (exact) mass is 290 g/mol. The molecule has 0 bridgehead atoms. The zero-order chi connectivity index (χ0) is 14.7. The minimum Gasteiger partial charge on any atom is -0.454 e. The maximum Gasteiger partial charge on any atom is 0.251 e. The fraction of sp³-hybridized carbons (Fsp3) is 0.562. The maximum absolute atomic E-state index is 12.3. The largest absolute Gasteiger partial charge is 0.454 e. The maximum atomic E-state index is 12.3. The van der Waals surface area contributed by atoms with Gasteiger partial charge in [-0.3, -0.25) is 4.79 Å². The van der Waals surface area contributed by atoms with Crippen LogP contribution in [0.4, 0.5) is 0 Å². The number of carbonyl (C=O) groups excluding carboxylic acids is 1. The number of benzene rings is 1. The second-order valence-electron chi connectivity index (χ2n) is 5.66. The topological polar surface area (TPSA) is 50.8 Å². The molecule has 1 amide bonds. The van der Waals surface area contributed by atoms with E-state index in [1.54, 1.807) is 18.2 Å². The second kappa shape index (κ2) is 6.35. The average Bonchev–Trinajstić information content (AvgIpc) is 2.97. The molecule has 1 aromatic carbocycles. The Hall–Kier alpha value is -1.75. The van der Waals surface area contributed by atoms with Gasteiger partial charge in [0.1, 0.15) is 0 Å². The standard InChI is InChI=1S/C16H22N2O3/c1-2-7-18-8-5-13(6-9-18)17-16(19)12-3-4-14-15(10-12)21-11-20-14/h3-4,10,13H,2,5-9,11H2,1H3,(H,17,19). The number of hydrogen-bond acceptors (Lipinski definition) is 4. The number of carbonyl (C=O) groups is 1. The van der Waals surface area contributed by atoms with E-state index in [0.717, 1.165) is 32.5 Å². The highest BCUT2D eigenvalue weighted by Gasteiger charge is 2.22. The van der Waals surface area contributed by atoms with E-state index < -0.39 is 0 Å². The van der Waals surface area contributed by atoms with Crippen molar-refractivity contribution in [3.63, 3.8) is 0 Å². The summed E-state index contributed by atoms with van der Waals surface area (Å²) < 4.78 is 10.6. The molecule has 2 heterocycles. The third kappa shape index (κ3) is 3.29. The number of hydrogen-bond donors (Lipinski definition) is 1. The van der Waals surface area contributed by atoms with Crippen molar-refractivity contribution in [3.05, 3.63) is 23.8 Å². The van der Waals surface area contributed by atoms with Gasteiger partial charge in [-0.1, -0.05) is 6.92 Å². The Labute approximate surface area is 125 Å². The van der Waals surface area contributed by atoms with Crippen molar-refractivity contribution >= 4 is 5.91 Å². The smallest absolute Gasteiger partial charge is 0.251 e. The number of nitrogens with zero attached hydrogens (tertiary/aromatic N) is 1. The highest BCUT2D eigenvalue weighted by molar-refractivity contribution is 5.95. The van der Waals surface area contributed by atoms with Gasteiger partial charge in [0.15, 0.2) is 11.5 Å². The predicted molar refractivity (Wildman–Crippen MR) is 79.8 cm³/mol. The van der Waals surface area contributed by atoms with Gasteiger partial charge in [0.25, 0.3) is 5.91 Å². The molecule has 5 heteroatoms. The van der Waals surface area contributed by atoms with Gasteiger partial charge in [-0.2, -0.15) is 0 Å². The number of amides is 1. The molecular formula is C16H22N2O3. The van der Waals surface area contributed by atoms with Gasteiger partial charge in [-0.15, -0.1) is 0 Å². The summed E-state index contributed by atoms with van der Waals surface area (Å²) in [6, 6.07) is 5.61. The van der Waals surface area contributed by atoms with Crippen molar-refractivity contribution in [2.45, 2.75) is 32.2 Å². The summed E-state index contributed by atoms with van der Waals surface area (Å²) in [7, 11) is 0. The number of ether oxygens (including phenoxy) is 2. The van der Waals surface area contributed by atoms with Crippen LogP contribution in [-0.4, -0.2) is 43.3 Å². The van der Waals surface area contributed by atoms with Crippen LogP contribution in [0.2, 0.25) is 0 Å². The SMILES string of the molecule is CCCN1CCC(NC(=O)c2ccc3c(c2)OCO3)CC1. The Morgan fingerprint density at radius 1 is 1.29 bits per heavy atom. The molecule has 2 aliphatic heterocycles. The summed E-state index contributed by atoms with van der Waals surface area (Å²) in [5, 5.41) is 3.13. The molecule has 0 saturated carbocycles. The van der Waals surface area contributed by atoms with Crippen molar-refractivity contribution in [2.24, 2.45) is 0 Å². The van der Waals surface area contributed by atoms with Gasteiger partial charge in [-0.25, -0.2) is 0 Å². The van der Waals surface area contributed by atoms with Gasteiger partial charge in [0.2, 0.25) is 6.79 Å². The van der Waals surface area contributed by atoms with Crippen LogP contribution < -0.4 is 14.8 Å². The highest BCUT2D eigenvalue weighted by atomic mass is 16.7. The molecule has 1 saturated heterocycles. The van der Waals surface area contributed by atoms with Crippen molar-refractivity contribution in [1.29, 1.82) is 0 Å². The molecule has 1 aromatic rings. The van der Waals surface area contributed by atoms with Crippen LogP contribution in [0.5, 0.6) is 11.5 Å². The first-order chi connectivity index (χ1) is 10.3. The summed E-state index contributed by atoms with van der Waals surface area (Å²) in [5.74, 6) is 1.34. The molecule has 0 aromatic heterocycles. The third-order valence-electron chi connectivity index (χ3n) is 4.10. The van der Waals surface area contributed by atoms with Crippen LogP contribution >= 0.6 is 0 Å². The average molecular weight is 290 g/mol. The van der Waals surface area contributed by atoms with E-state index >= 15 is 0 Å². The van der Waals surface area contributed by atoms with E-state index in [2.05, 4.69) is 17.1 Å². The zero-order valence-corrected chi connectivity index (χ0v) is 12.4. The van der Waals surface area contributed by atoms with Crippen molar-refractivity contribution < 1.29 is 14.3 Å². The van der Waals surface area contributed by atoms with Gasteiger partial charge in [0, 0.05) is 24.7 Å². The van der Waals surface area contributed by atoms with Gasteiger partial charge < -0.3 is 19.7 Å². The third-order valence-corrected chi connectivity index (χ3v) is 4.10. The molecular weight excluding hydrogens is 268 g/mol. The first kappa shape index (κ1) is 14.2. The van der Waals surface area contributed by atoms with E-state index in [-0.39, 0.29) is 18.7 Å². The first-order valence-electron chi connectivity index (χ1n) is 7.69. The fourth-order valence-electron chi connectivity index (χ4n) is 2.92. The van der Waals surface area contributed by atoms with E-state index in [1.165, 1.54) is 6.42 Å². The quantitative estimate of drug-likeness (QED) is 0.921. The van der Waals surface area contributed by atoms with E-state index in [1.807, 2.05) is 0 Å². The van der Waals surface area contributed by atoms with Crippen LogP contribution in [0, 0.1) is 0 Å². The lowest BCUT2D eigenvalue weighted by Gasteiger charge is -2.32. The number of nitrogens with one attached hydrogen (secondary N) is 1. The Kier molecular flexibility index (Phi) is 4.29. The molecule has 21 heavy (non-hydrogen) atoms. The fourth-order valence-corrected chi connectivity index (χ4v) is 2.92. The van der Waals surface area contributed by atoms with Crippen molar-refractivity contribution in [2.75, 3.05) is 26.4 Å². The number of likely N-dealkylation sites (tertiary alicyclic amines) is 1. The van der Waals surface area contributed by atoms with Gasteiger partial charge >= 0.3 is 0 Å². The van der Waals surface area contributed by atoms with Crippen molar-refractivity contribution in [1.82, 2.24) is 10.2 Å². The lowest BCUT2D eigenvalue weighted by atomic mass is 10.0. The van der Waals surface area contributed by atoms with Crippen molar-refractivity contribution in [3.8, 4) is 11.5 Å². The van der Waals surface area contributed by atoms with E-state index in [0.29, 0.717) is 17.1 Å². The van der Waals surface area contributed by atoms with Crippen LogP contribution in [0.3, 0.4) is 0 Å². The lowest BCUT2D eigenvalue weighted by Crippen LogP contribution is -2.44. The Bertz CT molecular complexity index is 510. The molecule has 1 fully saturated rings. The summed E-state index contributed by atoms with van der Waals surface area (Å²) in [4.78, 5) is 14.8. The van der Waals surface area contributed by atoms with Crippen LogP contribution in [0.1, 0.15) is 36.5 Å². The molecule has 1 N–H and O–H groups in total. The second-order valence-corrected chi connectivity index (χ2v) is 5.66. The molecule has 0 radical (unpaired) electrons. The van der Waals surface area contributed by atoms with Crippen LogP contribution in [0.25, 0.3) is 0 Å². The molecule has 2 aliphatic rings. The van der Waals surface area contributed by atoms with Crippen LogP contribution in [0.15, 0.2) is 18.2 Å². The molecule has 5 nitrogen and oxygen atoms in total. The minimum atomic E-state index is -0.0257. The molecule has 114 valence electrons.